The summed E-state index contributed by atoms with van der Waals surface area (Å²) in [4.78, 5) is 12.1. The number of rotatable bonds is 5. The van der Waals surface area contributed by atoms with Crippen molar-refractivity contribution in [1.29, 1.82) is 0 Å². The highest BCUT2D eigenvalue weighted by atomic mass is 35.5. The Kier molecular flexibility index (Phi) is 5.19. The summed E-state index contributed by atoms with van der Waals surface area (Å²) in [5.74, 6) is 0.406. The molecule has 20 heavy (non-hydrogen) atoms. The Morgan fingerprint density at radius 3 is 2.30 bits per heavy atom. The quantitative estimate of drug-likeness (QED) is 0.830. The van der Waals surface area contributed by atoms with Gasteiger partial charge in [0.15, 0.2) is 0 Å². The van der Waals surface area contributed by atoms with Gasteiger partial charge in [-0.15, -0.1) is 11.6 Å². The molecule has 2 aromatic rings. The molecule has 0 spiro atoms. The van der Waals surface area contributed by atoms with Crippen LogP contribution in [0.4, 0.5) is 0 Å². The van der Waals surface area contributed by atoms with E-state index in [1.165, 1.54) is 11.1 Å². The van der Waals surface area contributed by atoms with Crippen molar-refractivity contribution >= 4 is 17.5 Å². The van der Waals surface area contributed by atoms with Crippen molar-refractivity contribution in [1.82, 2.24) is 5.32 Å². The summed E-state index contributed by atoms with van der Waals surface area (Å²) in [5, 5.41) is 2.96. The molecule has 0 heterocycles. The summed E-state index contributed by atoms with van der Waals surface area (Å²) >= 11 is 5.73. The van der Waals surface area contributed by atoms with Crippen molar-refractivity contribution in [3.05, 3.63) is 70.8 Å². The van der Waals surface area contributed by atoms with Crippen molar-refractivity contribution in [3.8, 4) is 0 Å². The first-order chi connectivity index (χ1) is 9.74. The lowest BCUT2D eigenvalue weighted by Gasteiger charge is -2.09. The molecule has 1 amide bonds. The van der Waals surface area contributed by atoms with Crippen LogP contribution in [0.3, 0.4) is 0 Å². The molecule has 0 bridgehead atoms. The highest BCUT2D eigenvalue weighted by Crippen LogP contribution is 2.10. The smallest absolute Gasteiger partial charge is 0.251 e. The van der Waals surface area contributed by atoms with Crippen LogP contribution in [0.5, 0.6) is 0 Å². The predicted molar refractivity (Wildman–Crippen MR) is 83.0 cm³/mol. The number of carbonyl (C=O) groups excluding carboxylic acids is 1. The van der Waals surface area contributed by atoms with Gasteiger partial charge in [0.05, 0.1) is 0 Å². The van der Waals surface area contributed by atoms with Gasteiger partial charge in [-0.3, -0.25) is 4.79 Å². The second-order valence-corrected chi connectivity index (χ2v) is 4.90. The van der Waals surface area contributed by atoms with E-state index in [0.717, 1.165) is 12.0 Å². The zero-order chi connectivity index (χ0) is 14.4. The van der Waals surface area contributed by atoms with Crippen LogP contribution in [0.15, 0.2) is 48.5 Å². The number of amides is 1. The lowest BCUT2D eigenvalue weighted by molar-refractivity contribution is 0.0951. The van der Waals surface area contributed by atoms with Gasteiger partial charge < -0.3 is 5.32 Å². The van der Waals surface area contributed by atoms with Gasteiger partial charge in [0, 0.05) is 18.0 Å². The van der Waals surface area contributed by atoms with Crippen LogP contribution in [0, 0.1) is 0 Å². The third-order valence-corrected chi connectivity index (χ3v) is 3.62. The highest BCUT2D eigenvalue weighted by molar-refractivity contribution is 6.17. The molecular weight excluding hydrogens is 270 g/mol. The van der Waals surface area contributed by atoms with E-state index in [9.17, 15) is 4.79 Å². The summed E-state index contributed by atoms with van der Waals surface area (Å²) in [6.07, 6.45) is 0.969. The Morgan fingerprint density at radius 1 is 1.05 bits per heavy atom. The van der Waals surface area contributed by atoms with E-state index in [4.69, 9.17) is 11.6 Å². The third-order valence-electron chi connectivity index (χ3n) is 3.31. The van der Waals surface area contributed by atoms with Gasteiger partial charge >= 0.3 is 0 Å². The monoisotopic (exact) mass is 287 g/mol. The third kappa shape index (κ3) is 3.61. The minimum Gasteiger partial charge on any atom is -0.348 e. The number of carbonyl (C=O) groups is 1. The normalized spacial score (nSPS) is 10.3. The van der Waals surface area contributed by atoms with Gasteiger partial charge in [-0.05, 0) is 35.2 Å². The Morgan fingerprint density at radius 2 is 1.70 bits per heavy atom. The molecule has 0 aliphatic rings. The zero-order valence-electron chi connectivity index (χ0n) is 11.5. The van der Waals surface area contributed by atoms with Crippen LogP contribution in [0.25, 0.3) is 0 Å². The van der Waals surface area contributed by atoms with Crippen LogP contribution in [0.2, 0.25) is 0 Å². The van der Waals surface area contributed by atoms with Gasteiger partial charge in [0.1, 0.15) is 0 Å². The average molecular weight is 288 g/mol. The van der Waals surface area contributed by atoms with E-state index in [1.54, 1.807) is 12.1 Å². The standard InChI is InChI=1S/C17H18ClNO/c1-2-14-5-3-4-6-16(14)12-19-17(20)15-9-7-13(11-18)8-10-15/h3-10H,2,11-12H2,1H3,(H,19,20). The summed E-state index contributed by atoms with van der Waals surface area (Å²) in [6, 6.07) is 15.5. The van der Waals surface area contributed by atoms with Crippen LogP contribution < -0.4 is 5.32 Å². The van der Waals surface area contributed by atoms with Crippen LogP contribution in [-0.4, -0.2) is 5.91 Å². The molecule has 3 heteroatoms. The SMILES string of the molecule is CCc1ccccc1CNC(=O)c1ccc(CCl)cc1. The molecule has 0 fully saturated rings. The van der Waals surface area contributed by atoms with Gasteiger partial charge in [-0.25, -0.2) is 0 Å². The fourth-order valence-corrected chi connectivity index (χ4v) is 2.28. The maximum absolute atomic E-state index is 12.1. The minimum absolute atomic E-state index is 0.0583. The Balaban J connectivity index is 2.01. The van der Waals surface area contributed by atoms with Gasteiger partial charge in [-0.2, -0.15) is 0 Å². The molecule has 2 rings (SSSR count). The molecule has 0 saturated heterocycles. The van der Waals surface area contributed by atoms with Crippen molar-refractivity contribution in [2.45, 2.75) is 25.8 Å². The largest absolute Gasteiger partial charge is 0.348 e. The number of hydrogen-bond acceptors (Lipinski definition) is 1. The molecular formula is C17H18ClNO. The van der Waals surface area contributed by atoms with Gasteiger partial charge in [0.25, 0.3) is 5.91 Å². The van der Waals surface area contributed by atoms with Gasteiger partial charge in [0.2, 0.25) is 0 Å². The first kappa shape index (κ1) is 14.6. The predicted octanol–water partition coefficient (Wildman–Crippen LogP) is 3.92. The minimum atomic E-state index is -0.0583. The maximum Gasteiger partial charge on any atom is 0.251 e. The Labute approximate surface area is 124 Å². The van der Waals surface area contributed by atoms with Crippen LogP contribution in [0.1, 0.15) is 34.0 Å². The van der Waals surface area contributed by atoms with Gasteiger partial charge in [-0.1, -0.05) is 43.3 Å². The fourth-order valence-electron chi connectivity index (χ4n) is 2.10. The summed E-state index contributed by atoms with van der Waals surface area (Å²) in [5.41, 5.74) is 4.11. The molecule has 0 atom stereocenters. The van der Waals surface area contributed by atoms with Crippen molar-refractivity contribution < 1.29 is 4.79 Å². The highest BCUT2D eigenvalue weighted by Gasteiger charge is 2.06. The van der Waals surface area contributed by atoms with Crippen LogP contribution in [-0.2, 0) is 18.8 Å². The van der Waals surface area contributed by atoms with E-state index in [0.29, 0.717) is 18.0 Å². The summed E-state index contributed by atoms with van der Waals surface area (Å²) in [7, 11) is 0. The number of benzene rings is 2. The average Bonchev–Trinajstić information content (AvgIpc) is 2.53. The molecule has 0 radical (unpaired) electrons. The number of alkyl halides is 1. The van der Waals surface area contributed by atoms with E-state index < -0.39 is 0 Å². The van der Waals surface area contributed by atoms with Crippen molar-refractivity contribution in [2.75, 3.05) is 0 Å². The second-order valence-electron chi connectivity index (χ2n) is 4.64. The van der Waals surface area contributed by atoms with E-state index in [-0.39, 0.29) is 5.91 Å². The van der Waals surface area contributed by atoms with E-state index >= 15 is 0 Å². The molecule has 2 nitrogen and oxygen atoms in total. The summed E-state index contributed by atoms with van der Waals surface area (Å²) < 4.78 is 0. The zero-order valence-corrected chi connectivity index (χ0v) is 12.3. The molecule has 0 aromatic heterocycles. The second kappa shape index (κ2) is 7.11. The molecule has 1 N–H and O–H groups in total. The first-order valence-electron chi connectivity index (χ1n) is 6.74. The fraction of sp³-hybridized carbons (Fsp3) is 0.235. The van der Waals surface area contributed by atoms with Crippen molar-refractivity contribution in [3.63, 3.8) is 0 Å². The number of halogens is 1. The molecule has 0 aliphatic heterocycles. The molecule has 0 saturated carbocycles. The van der Waals surface area contributed by atoms with E-state index in [2.05, 4.69) is 24.4 Å². The van der Waals surface area contributed by atoms with Crippen LogP contribution >= 0.6 is 11.6 Å². The molecule has 0 aliphatic carbocycles. The number of aryl methyl sites for hydroxylation is 1. The Bertz CT molecular complexity index is 578. The topological polar surface area (TPSA) is 29.1 Å². The molecule has 2 aromatic carbocycles. The van der Waals surface area contributed by atoms with E-state index in [1.807, 2.05) is 24.3 Å². The summed E-state index contributed by atoms with van der Waals surface area (Å²) in [6.45, 7) is 2.67. The number of hydrogen-bond donors (Lipinski definition) is 1. The lowest BCUT2D eigenvalue weighted by atomic mass is 10.1. The molecule has 104 valence electrons. The lowest BCUT2D eigenvalue weighted by Crippen LogP contribution is -2.23. The first-order valence-corrected chi connectivity index (χ1v) is 7.28. The Hall–Kier alpha value is -1.80. The number of nitrogens with one attached hydrogen (secondary N) is 1. The molecule has 0 unspecified atom stereocenters. The van der Waals surface area contributed by atoms with Crippen molar-refractivity contribution in [2.24, 2.45) is 0 Å². The maximum atomic E-state index is 12.1.